The highest BCUT2D eigenvalue weighted by Crippen LogP contribution is 2.42. The normalized spacial score (nSPS) is 30.5. The van der Waals surface area contributed by atoms with Crippen LogP contribution in [-0.4, -0.2) is 94.0 Å². The predicted octanol–water partition coefficient (Wildman–Crippen LogP) is 2.59. The van der Waals surface area contributed by atoms with Gasteiger partial charge in [0.2, 0.25) is 0 Å². The molecule has 8 rings (SSSR count). The minimum Gasteiger partial charge on any atom is -0.508 e. The van der Waals surface area contributed by atoms with Gasteiger partial charge in [0.25, 0.3) is 0 Å². The number of morpholine rings is 1. The SMILES string of the molecule is O=S1NC(c2cc(O)cc3ccccc23)=Cc2nc(OC[C@@]34CCCN3C[C@H](F)C4)nc(N3C4CNCC3COC4)c21. The van der Waals surface area contributed by atoms with E-state index in [-0.39, 0.29) is 29.4 Å². The van der Waals surface area contributed by atoms with Crippen molar-refractivity contribution < 1.29 is 23.2 Å². The summed E-state index contributed by atoms with van der Waals surface area (Å²) in [7, 11) is -1.68. The first-order chi connectivity index (χ1) is 20.5. The number of ether oxygens (including phenoxy) is 2. The summed E-state index contributed by atoms with van der Waals surface area (Å²) in [5.74, 6) is 0.694. The number of hydrogen-bond acceptors (Lipinski definition) is 9. The molecule has 10 nitrogen and oxygen atoms in total. The highest BCUT2D eigenvalue weighted by atomic mass is 32.2. The third-order valence-electron chi connectivity index (χ3n) is 9.30. The molecule has 6 heterocycles. The molecule has 3 aromatic rings. The van der Waals surface area contributed by atoms with Crippen molar-refractivity contribution in [3.63, 3.8) is 0 Å². The van der Waals surface area contributed by atoms with Crippen LogP contribution in [0.2, 0.25) is 0 Å². The highest BCUT2D eigenvalue weighted by Gasteiger charge is 2.49. The van der Waals surface area contributed by atoms with Crippen LogP contribution < -0.4 is 19.7 Å². The zero-order valence-electron chi connectivity index (χ0n) is 23.1. The topological polar surface area (TPSA) is 112 Å². The number of alkyl halides is 1. The van der Waals surface area contributed by atoms with Crippen LogP contribution in [0.1, 0.15) is 30.5 Å². The van der Waals surface area contributed by atoms with E-state index in [1.165, 1.54) is 0 Å². The van der Waals surface area contributed by atoms with Gasteiger partial charge in [-0.05, 0) is 48.4 Å². The van der Waals surface area contributed by atoms with Gasteiger partial charge < -0.3 is 29.5 Å². The maximum Gasteiger partial charge on any atom is 0.319 e. The fourth-order valence-electron chi connectivity index (χ4n) is 7.44. The molecule has 2 bridgehead atoms. The first-order valence-electron chi connectivity index (χ1n) is 14.6. The number of phenolic OH excluding ortho intramolecular Hbond substituents is 1. The van der Waals surface area contributed by atoms with Gasteiger partial charge in [-0.1, -0.05) is 24.3 Å². The van der Waals surface area contributed by atoms with Gasteiger partial charge in [0.1, 0.15) is 23.4 Å². The van der Waals surface area contributed by atoms with Crippen LogP contribution in [0.3, 0.4) is 0 Å². The Morgan fingerprint density at radius 3 is 2.88 bits per heavy atom. The Kier molecular flexibility index (Phi) is 6.36. The molecule has 42 heavy (non-hydrogen) atoms. The number of hydrogen-bond donors (Lipinski definition) is 3. The van der Waals surface area contributed by atoms with Gasteiger partial charge in [0.15, 0.2) is 16.8 Å². The lowest BCUT2D eigenvalue weighted by Gasteiger charge is -2.47. The average molecular weight is 593 g/mol. The van der Waals surface area contributed by atoms with E-state index in [0.29, 0.717) is 54.9 Å². The number of piperazine rings is 1. The lowest BCUT2D eigenvalue weighted by Crippen LogP contribution is -2.64. The van der Waals surface area contributed by atoms with Crippen molar-refractivity contribution in [2.45, 2.75) is 48.0 Å². The average Bonchev–Trinajstić information content (AvgIpc) is 3.50. The second-order valence-electron chi connectivity index (χ2n) is 12.0. The van der Waals surface area contributed by atoms with Crippen molar-refractivity contribution in [2.24, 2.45) is 0 Å². The van der Waals surface area contributed by atoms with E-state index in [1.807, 2.05) is 30.3 Å². The molecule has 4 fully saturated rings. The molecule has 0 saturated carbocycles. The Labute approximate surface area is 245 Å². The van der Waals surface area contributed by atoms with Crippen molar-refractivity contribution in [1.82, 2.24) is 24.9 Å². The summed E-state index contributed by atoms with van der Waals surface area (Å²) in [6.07, 6.45) is 3.35. The van der Waals surface area contributed by atoms with Crippen LogP contribution in [0, 0.1) is 0 Å². The van der Waals surface area contributed by atoms with E-state index in [1.54, 1.807) is 12.1 Å². The Morgan fingerprint density at radius 1 is 1.19 bits per heavy atom. The quantitative estimate of drug-likeness (QED) is 0.412. The summed E-state index contributed by atoms with van der Waals surface area (Å²) in [6, 6.07) is 11.4. The third-order valence-corrected chi connectivity index (χ3v) is 10.5. The van der Waals surface area contributed by atoms with Crippen molar-refractivity contribution in [3.05, 3.63) is 47.7 Å². The standard InChI is InChI=1S/C30H33FN6O4S/c31-19-11-30(6-3-7-36(30)14-19)17-41-29-33-26-10-25(24-9-22(38)8-18-4-1-2-5-23(18)24)35-42(39)27(26)28(34-29)37-20-12-32-13-21(37)16-40-15-20/h1-2,4-5,8-10,19-21,32,35,38H,3,6-7,11-17H2/t19-,20?,21?,30+,42?/m1/s1. The fraction of sp³-hybridized carbons (Fsp3) is 0.467. The number of fused-ring (bicyclic) bond motifs is 5. The monoisotopic (exact) mass is 592 g/mol. The zero-order valence-corrected chi connectivity index (χ0v) is 23.9. The molecule has 220 valence electrons. The molecular formula is C30H33FN6O4S. The Balaban J connectivity index is 1.24. The maximum absolute atomic E-state index is 14.4. The molecular weight excluding hydrogens is 559 g/mol. The zero-order chi connectivity index (χ0) is 28.4. The first kappa shape index (κ1) is 26.3. The van der Waals surface area contributed by atoms with Gasteiger partial charge in [-0.25, -0.2) is 8.60 Å². The van der Waals surface area contributed by atoms with Crippen molar-refractivity contribution in [2.75, 3.05) is 50.9 Å². The van der Waals surface area contributed by atoms with Gasteiger partial charge >= 0.3 is 6.01 Å². The van der Waals surface area contributed by atoms with Crippen LogP contribution >= 0.6 is 0 Å². The number of nitrogens with one attached hydrogen (secondary N) is 2. The molecule has 0 aliphatic carbocycles. The molecule has 3 N–H and O–H groups in total. The smallest absolute Gasteiger partial charge is 0.319 e. The number of nitrogens with zero attached hydrogens (tertiary/aromatic N) is 4. The van der Waals surface area contributed by atoms with Crippen LogP contribution in [0.5, 0.6) is 11.8 Å². The lowest BCUT2D eigenvalue weighted by atomic mass is 9.95. The summed E-state index contributed by atoms with van der Waals surface area (Å²) in [4.78, 5) is 14.6. The third kappa shape index (κ3) is 4.34. The lowest BCUT2D eigenvalue weighted by molar-refractivity contribution is 0.0516. The van der Waals surface area contributed by atoms with Crippen LogP contribution in [0.25, 0.3) is 22.5 Å². The van der Waals surface area contributed by atoms with Crippen molar-refractivity contribution in [1.29, 1.82) is 0 Å². The number of halogens is 1. The number of aromatic nitrogens is 2. The van der Waals surface area contributed by atoms with Crippen LogP contribution in [-0.2, 0) is 15.7 Å². The molecule has 5 aliphatic rings. The molecule has 1 aromatic heterocycles. The fourth-order valence-corrected chi connectivity index (χ4v) is 8.52. The van der Waals surface area contributed by atoms with E-state index >= 15 is 0 Å². The van der Waals surface area contributed by atoms with E-state index in [2.05, 4.69) is 19.8 Å². The largest absolute Gasteiger partial charge is 0.508 e. The summed E-state index contributed by atoms with van der Waals surface area (Å²) < 4.78 is 43.8. The van der Waals surface area contributed by atoms with E-state index in [4.69, 9.17) is 19.4 Å². The van der Waals surface area contributed by atoms with Crippen molar-refractivity contribution >= 4 is 39.3 Å². The number of benzene rings is 2. The van der Waals surface area contributed by atoms with Crippen molar-refractivity contribution in [3.8, 4) is 11.8 Å². The van der Waals surface area contributed by atoms with Gasteiger partial charge in [-0.2, -0.15) is 9.97 Å². The number of rotatable bonds is 5. The number of anilines is 1. The molecule has 12 heteroatoms. The van der Waals surface area contributed by atoms with Crippen LogP contribution in [0.4, 0.5) is 10.2 Å². The molecule has 2 aromatic carbocycles. The second-order valence-corrected chi connectivity index (χ2v) is 13.1. The molecule has 0 radical (unpaired) electrons. The maximum atomic E-state index is 14.4. The molecule has 5 aliphatic heterocycles. The Bertz CT molecular complexity index is 1600. The number of aromatic hydroxyl groups is 1. The summed E-state index contributed by atoms with van der Waals surface area (Å²) in [6.45, 7) is 4.13. The molecule has 3 unspecified atom stereocenters. The van der Waals surface area contributed by atoms with Gasteiger partial charge in [-0.15, -0.1) is 0 Å². The van der Waals surface area contributed by atoms with Crippen LogP contribution in [0.15, 0.2) is 41.3 Å². The predicted molar refractivity (Wildman–Crippen MR) is 157 cm³/mol. The molecule has 0 spiro atoms. The molecule has 5 atom stereocenters. The Morgan fingerprint density at radius 2 is 2.02 bits per heavy atom. The highest BCUT2D eigenvalue weighted by molar-refractivity contribution is 7.83. The summed E-state index contributed by atoms with van der Waals surface area (Å²) in [5, 5.41) is 15.7. The van der Waals surface area contributed by atoms with E-state index in [0.717, 1.165) is 48.8 Å². The minimum atomic E-state index is -1.68. The van der Waals surface area contributed by atoms with E-state index in [9.17, 15) is 13.7 Å². The Hall–Kier alpha value is -3.32. The first-order valence-corrected chi connectivity index (χ1v) is 15.8. The molecule has 0 amide bonds. The summed E-state index contributed by atoms with van der Waals surface area (Å²) >= 11 is 0. The number of phenols is 1. The van der Waals surface area contributed by atoms with Gasteiger partial charge in [0.05, 0.1) is 42.2 Å². The molecule has 4 saturated heterocycles. The second kappa shape index (κ2) is 10.1. The van der Waals surface area contributed by atoms with Gasteiger partial charge in [0, 0.05) is 31.6 Å². The summed E-state index contributed by atoms with van der Waals surface area (Å²) in [5.41, 5.74) is 1.47. The minimum absolute atomic E-state index is 0.0211. The van der Waals surface area contributed by atoms with Gasteiger partial charge in [-0.3, -0.25) is 4.90 Å². The van der Waals surface area contributed by atoms with E-state index < -0.39 is 17.2 Å².